The van der Waals surface area contributed by atoms with Crippen LogP contribution >= 0.6 is 11.3 Å². The van der Waals surface area contributed by atoms with Crippen LogP contribution in [0.15, 0.2) is 53.9 Å². The maximum Gasteiger partial charge on any atom is 0.341 e. The van der Waals surface area contributed by atoms with Gasteiger partial charge in [-0.25, -0.2) is 4.79 Å². The largest absolute Gasteiger partial charge is 0.465 e. The maximum atomic E-state index is 12.5. The van der Waals surface area contributed by atoms with E-state index in [1.54, 1.807) is 18.2 Å². The number of thiophene rings is 1. The fourth-order valence-electron chi connectivity index (χ4n) is 3.04. The second-order valence-electron chi connectivity index (χ2n) is 6.65. The lowest BCUT2D eigenvalue weighted by atomic mass is 10.0. The molecule has 6 nitrogen and oxygen atoms in total. The molecule has 152 valence electrons. The molecule has 0 unspecified atom stereocenters. The van der Waals surface area contributed by atoms with Crippen LogP contribution in [0.1, 0.15) is 21.5 Å². The second kappa shape index (κ2) is 8.42. The summed E-state index contributed by atoms with van der Waals surface area (Å²) in [4.78, 5) is 24.9. The Hall–Kier alpha value is -3.58. The summed E-state index contributed by atoms with van der Waals surface area (Å²) in [7, 11) is 1.32. The van der Waals surface area contributed by atoms with E-state index in [4.69, 9.17) is 14.2 Å². The number of carbonyl (C=O) groups is 2. The zero-order chi connectivity index (χ0) is 21.1. The van der Waals surface area contributed by atoms with Crippen LogP contribution in [0.2, 0.25) is 0 Å². The summed E-state index contributed by atoms with van der Waals surface area (Å²) in [6.07, 6.45) is 3.08. The van der Waals surface area contributed by atoms with Gasteiger partial charge in [-0.2, -0.15) is 0 Å². The van der Waals surface area contributed by atoms with Crippen molar-refractivity contribution >= 4 is 34.3 Å². The number of hydrogen-bond acceptors (Lipinski definition) is 6. The minimum atomic E-state index is -0.498. The van der Waals surface area contributed by atoms with E-state index in [2.05, 4.69) is 5.32 Å². The number of rotatable bonds is 5. The van der Waals surface area contributed by atoms with Crippen molar-refractivity contribution in [3.63, 3.8) is 0 Å². The zero-order valence-electron chi connectivity index (χ0n) is 16.4. The highest BCUT2D eigenvalue weighted by molar-refractivity contribution is 7.15. The molecule has 1 N–H and O–H groups in total. The van der Waals surface area contributed by atoms with Gasteiger partial charge < -0.3 is 19.5 Å². The topological polar surface area (TPSA) is 73.9 Å². The number of amides is 1. The van der Waals surface area contributed by atoms with Crippen molar-refractivity contribution in [1.29, 1.82) is 0 Å². The zero-order valence-corrected chi connectivity index (χ0v) is 17.2. The van der Waals surface area contributed by atoms with Crippen molar-refractivity contribution in [3.05, 3.63) is 70.6 Å². The van der Waals surface area contributed by atoms with Gasteiger partial charge in [0, 0.05) is 17.0 Å². The van der Waals surface area contributed by atoms with Crippen LogP contribution in [-0.2, 0) is 9.53 Å². The number of ether oxygens (including phenoxy) is 3. The number of aryl methyl sites for hydroxylation is 1. The summed E-state index contributed by atoms with van der Waals surface area (Å²) in [6, 6.07) is 13.2. The molecule has 4 rings (SSSR count). The van der Waals surface area contributed by atoms with Crippen LogP contribution in [0.25, 0.3) is 17.2 Å². The number of hydrogen-bond donors (Lipinski definition) is 1. The van der Waals surface area contributed by atoms with Gasteiger partial charge in [0.15, 0.2) is 11.5 Å². The highest BCUT2D eigenvalue weighted by atomic mass is 32.1. The van der Waals surface area contributed by atoms with Gasteiger partial charge in [-0.3, -0.25) is 4.79 Å². The highest BCUT2D eigenvalue weighted by Crippen LogP contribution is 2.36. The molecule has 0 saturated carbocycles. The van der Waals surface area contributed by atoms with E-state index in [1.807, 2.05) is 42.6 Å². The van der Waals surface area contributed by atoms with Gasteiger partial charge in [-0.15, -0.1) is 11.3 Å². The fourth-order valence-corrected chi connectivity index (χ4v) is 4.00. The van der Waals surface area contributed by atoms with Crippen molar-refractivity contribution in [2.45, 2.75) is 6.92 Å². The highest BCUT2D eigenvalue weighted by Gasteiger charge is 2.22. The number of methoxy groups -OCH3 is 1. The summed E-state index contributed by atoms with van der Waals surface area (Å²) in [5.74, 6) is 0.477. The molecule has 2 heterocycles. The van der Waals surface area contributed by atoms with E-state index in [0.717, 1.165) is 22.3 Å². The van der Waals surface area contributed by atoms with E-state index in [-0.39, 0.29) is 12.7 Å². The van der Waals surface area contributed by atoms with Gasteiger partial charge in [0.2, 0.25) is 12.7 Å². The molecule has 0 fully saturated rings. The Kier molecular flexibility index (Phi) is 5.54. The maximum absolute atomic E-state index is 12.5. The van der Waals surface area contributed by atoms with Crippen molar-refractivity contribution < 1.29 is 23.8 Å². The number of anilines is 1. The Bertz CT molecular complexity index is 1130. The first kappa shape index (κ1) is 19.7. The predicted octanol–water partition coefficient (Wildman–Crippen LogP) is 4.89. The summed E-state index contributed by atoms with van der Waals surface area (Å²) in [5.41, 5.74) is 3.87. The third-order valence-corrected chi connectivity index (χ3v) is 5.50. The number of nitrogens with one attached hydrogen (secondary N) is 1. The summed E-state index contributed by atoms with van der Waals surface area (Å²) in [6.45, 7) is 2.19. The lowest BCUT2D eigenvalue weighted by molar-refractivity contribution is -0.111. The Labute approximate surface area is 177 Å². The minimum absolute atomic E-state index is 0.195. The minimum Gasteiger partial charge on any atom is -0.465 e. The van der Waals surface area contributed by atoms with Crippen LogP contribution in [-0.4, -0.2) is 25.8 Å². The molecule has 1 aliphatic heterocycles. The van der Waals surface area contributed by atoms with E-state index < -0.39 is 5.97 Å². The molecule has 0 aliphatic carbocycles. The Balaban J connectivity index is 1.55. The molecule has 7 heteroatoms. The van der Waals surface area contributed by atoms with Crippen molar-refractivity contribution in [3.8, 4) is 22.6 Å². The molecule has 0 bridgehead atoms. The van der Waals surface area contributed by atoms with Crippen molar-refractivity contribution in [1.82, 2.24) is 0 Å². The second-order valence-corrected chi connectivity index (χ2v) is 7.53. The predicted molar refractivity (Wildman–Crippen MR) is 116 cm³/mol. The molecule has 1 aromatic heterocycles. The molecule has 1 aliphatic rings. The Morgan fingerprint density at radius 1 is 1.10 bits per heavy atom. The van der Waals surface area contributed by atoms with Gasteiger partial charge in [-0.1, -0.05) is 35.9 Å². The number of carbonyl (C=O) groups excluding carboxylic acids is 2. The van der Waals surface area contributed by atoms with Crippen LogP contribution in [0.4, 0.5) is 5.00 Å². The third-order valence-electron chi connectivity index (χ3n) is 4.60. The average Bonchev–Trinajstić information content (AvgIpc) is 3.39. The Morgan fingerprint density at radius 2 is 1.87 bits per heavy atom. The smallest absolute Gasteiger partial charge is 0.341 e. The standard InChI is InChI=1S/C23H19NO5S/c1-14-3-7-16(8-4-14)17-12-30-22(21(17)23(26)27-2)24-20(25)10-6-15-5-9-18-19(11-15)29-13-28-18/h3-12H,13H2,1-2H3,(H,24,25). The molecule has 0 saturated heterocycles. The molecule has 30 heavy (non-hydrogen) atoms. The summed E-state index contributed by atoms with van der Waals surface area (Å²) in [5, 5.41) is 5.07. The molecule has 2 aromatic carbocycles. The molecular weight excluding hydrogens is 402 g/mol. The first-order chi connectivity index (χ1) is 14.5. The molecule has 0 atom stereocenters. The molecular formula is C23H19NO5S. The van der Waals surface area contributed by atoms with Crippen LogP contribution in [0.3, 0.4) is 0 Å². The fraction of sp³-hybridized carbons (Fsp3) is 0.130. The van der Waals surface area contributed by atoms with Crippen molar-refractivity contribution in [2.75, 3.05) is 19.2 Å². The molecule has 0 spiro atoms. The lowest BCUT2D eigenvalue weighted by Crippen LogP contribution is -2.11. The van der Waals surface area contributed by atoms with Gasteiger partial charge in [0.25, 0.3) is 0 Å². The molecule has 3 aromatic rings. The first-order valence-corrected chi connectivity index (χ1v) is 10.1. The van der Waals surface area contributed by atoms with Crippen molar-refractivity contribution in [2.24, 2.45) is 0 Å². The van der Waals surface area contributed by atoms with Crippen LogP contribution < -0.4 is 14.8 Å². The molecule has 1 amide bonds. The van der Waals surface area contributed by atoms with Crippen LogP contribution in [0.5, 0.6) is 11.5 Å². The van der Waals surface area contributed by atoms with E-state index in [1.165, 1.54) is 24.5 Å². The SMILES string of the molecule is COC(=O)c1c(-c2ccc(C)cc2)csc1NC(=O)C=Cc1ccc2c(c1)OCO2. The lowest BCUT2D eigenvalue weighted by Gasteiger charge is -2.07. The quantitative estimate of drug-likeness (QED) is 0.469. The molecule has 0 radical (unpaired) electrons. The number of esters is 1. The number of fused-ring (bicyclic) bond motifs is 1. The average molecular weight is 421 g/mol. The summed E-state index contributed by atoms with van der Waals surface area (Å²) < 4.78 is 15.6. The van der Waals surface area contributed by atoms with E-state index >= 15 is 0 Å². The van der Waals surface area contributed by atoms with Gasteiger partial charge in [0.05, 0.1) is 7.11 Å². The normalized spacial score (nSPS) is 12.2. The van der Waals surface area contributed by atoms with E-state index in [9.17, 15) is 9.59 Å². The van der Waals surface area contributed by atoms with Gasteiger partial charge in [0.1, 0.15) is 10.6 Å². The monoisotopic (exact) mass is 421 g/mol. The van der Waals surface area contributed by atoms with E-state index in [0.29, 0.717) is 22.1 Å². The summed E-state index contributed by atoms with van der Waals surface area (Å²) >= 11 is 1.28. The Morgan fingerprint density at radius 3 is 2.63 bits per heavy atom. The third kappa shape index (κ3) is 4.06. The van der Waals surface area contributed by atoms with Crippen LogP contribution in [0, 0.1) is 6.92 Å². The van der Waals surface area contributed by atoms with Gasteiger partial charge >= 0.3 is 5.97 Å². The first-order valence-electron chi connectivity index (χ1n) is 9.20. The van der Waals surface area contributed by atoms with Gasteiger partial charge in [-0.05, 0) is 36.3 Å². The number of benzene rings is 2.